The van der Waals surface area contributed by atoms with Crippen LogP contribution >= 0.6 is 0 Å². The second-order valence-corrected chi connectivity index (χ2v) is 5.55. The topological polar surface area (TPSA) is 69.4 Å². The van der Waals surface area contributed by atoms with E-state index >= 15 is 0 Å². The molecule has 23 heavy (non-hydrogen) atoms. The molecule has 126 valence electrons. The van der Waals surface area contributed by atoms with Gasteiger partial charge in [0.2, 0.25) is 0 Å². The van der Waals surface area contributed by atoms with Crippen LogP contribution in [-0.2, 0) is 20.8 Å². The van der Waals surface area contributed by atoms with Crippen LogP contribution in [0.3, 0.4) is 0 Å². The molecule has 0 aliphatic carbocycles. The number of hydroxylamine groups is 3. The van der Waals surface area contributed by atoms with Gasteiger partial charge in [-0.05, 0) is 5.56 Å². The Balaban J connectivity index is 2.13. The van der Waals surface area contributed by atoms with Crippen LogP contribution in [0.5, 0.6) is 0 Å². The fraction of sp³-hybridized carbons (Fsp3) is 0.467. The fourth-order valence-electron chi connectivity index (χ4n) is 2.67. The van der Waals surface area contributed by atoms with E-state index in [9.17, 15) is 22.8 Å². The quantitative estimate of drug-likeness (QED) is 0.856. The summed E-state index contributed by atoms with van der Waals surface area (Å²) in [4.78, 5) is 28.2. The van der Waals surface area contributed by atoms with E-state index < -0.39 is 28.7 Å². The lowest BCUT2D eigenvalue weighted by Gasteiger charge is -2.29. The molecule has 1 fully saturated rings. The molecule has 0 bridgehead atoms. The van der Waals surface area contributed by atoms with E-state index in [1.54, 1.807) is 30.3 Å². The van der Waals surface area contributed by atoms with Crippen LogP contribution in [0.25, 0.3) is 0 Å². The Morgan fingerprint density at radius 3 is 2.26 bits per heavy atom. The third-order valence-corrected chi connectivity index (χ3v) is 3.80. The number of nitrogens with zero attached hydrogens (tertiary/aromatic N) is 1. The lowest BCUT2D eigenvalue weighted by Crippen LogP contribution is -2.59. The number of carbonyl (C=O) groups is 2. The number of hydrogen-bond acceptors (Lipinski definition) is 4. The molecule has 1 aromatic carbocycles. The number of amides is 1. The minimum Gasteiger partial charge on any atom is -0.316 e. The minimum absolute atomic E-state index is 0.0170. The Morgan fingerprint density at radius 1 is 1.17 bits per heavy atom. The van der Waals surface area contributed by atoms with E-state index in [1.165, 1.54) is 0 Å². The molecule has 0 unspecified atom stereocenters. The van der Waals surface area contributed by atoms with Crippen LogP contribution in [0, 0.1) is 0 Å². The molecule has 1 heterocycles. The van der Waals surface area contributed by atoms with Gasteiger partial charge in [-0.25, -0.2) is 9.59 Å². The van der Waals surface area contributed by atoms with Gasteiger partial charge in [0, 0.05) is 19.3 Å². The van der Waals surface area contributed by atoms with Crippen molar-refractivity contribution in [3.8, 4) is 0 Å². The molecular weight excluding hydrogens is 313 g/mol. The van der Waals surface area contributed by atoms with E-state index in [4.69, 9.17) is 5.73 Å². The van der Waals surface area contributed by atoms with Crippen molar-refractivity contribution < 1.29 is 32.2 Å². The maximum absolute atomic E-state index is 12.5. The van der Waals surface area contributed by atoms with Gasteiger partial charge in [-0.15, -0.1) is 0 Å². The number of hydrogen-bond donors (Lipinski definition) is 1. The summed E-state index contributed by atoms with van der Waals surface area (Å²) < 4.78 is 36.4. The van der Waals surface area contributed by atoms with Gasteiger partial charge in [0.05, 0.1) is 0 Å². The zero-order valence-corrected chi connectivity index (χ0v) is 12.4. The number of halogens is 3. The molecule has 1 saturated heterocycles. The van der Waals surface area contributed by atoms with E-state index in [1.807, 2.05) is 0 Å². The van der Waals surface area contributed by atoms with Crippen molar-refractivity contribution >= 4 is 11.9 Å². The van der Waals surface area contributed by atoms with Gasteiger partial charge in [-0.2, -0.15) is 13.2 Å². The summed E-state index contributed by atoms with van der Waals surface area (Å²) in [5.74, 6) is -3.07. The van der Waals surface area contributed by atoms with Crippen molar-refractivity contribution in [2.75, 3.05) is 13.1 Å². The summed E-state index contributed by atoms with van der Waals surface area (Å²) in [5, 5.41) is 0. The first-order valence-electron chi connectivity index (χ1n) is 7.26. The van der Waals surface area contributed by atoms with Crippen molar-refractivity contribution in [1.29, 1.82) is 0 Å². The van der Waals surface area contributed by atoms with Crippen LogP contribution in [0.2, 0.25) is 0 Å². The van der Waals surface area contributed by atoms with Gasteiger partial charge in [-0.3, -0.25) is 4.84 Å². The lowest BCUT2D eigenvalue weighted by atomic mass is 10.1. The van der Waals surface area contributed by atoms with Crippen molar-refractivity contribution in [2.24, 2.45) is 5.73 Å². The number of rotatable bonds is 3. The van der Waals surface area contributed by atoms with Crippen LogP contribution in [0.15, 0.2) is 30.3 Å². The predicted octanol–water partition coefficient (Wildman–Crippen LogP) is 1.71. The van der Waals surface area contributed by atoms with Gasteiger partial charge in [-0.1, -0.05) is 35.0 Å². The molecule has 2 N–H and O–H groups in total. The Hall–Kier alpha value is -1.93. The molecule has 0 spiro atoms. The summed E-state index contributed by atoms with van der Waals surface area (Å²) in [5.41, 5.74) is 6.65. The van der Waals surface area contributed by atoms with Crippen molar-refractivity contribution in [1.82, 2.24) is 0 Å². The minimum atomic E-state index is -5.14. The molecule has 2 rings (SSSR count). The molecule has 1 aliphatic heterocycles. The highest BCUT2D eigenvalue weighted by Crippen LogP contribution is 2.27. The van der Waals surface area contributed by atoms with E-state index in [0.29, 0.717) is 12.8 Å². The highest BCUT2D eigenvalue weighted by molar-refractivity contribution is 5.79. The van der Waals surface area contributed by atoms with Crippen molar-refractivity contribution in [3.63, 3.8) is 0 Å². The van der Waals surface area contributed by atoms with Crippen LogP contribution in [0.4, 0.5) is 13.2 Å². The zero-order valence-electron chi connectivity index (χ0n) is 12.4. The molecule has 1 atom stereocenters. The fourth-order valence-corrected chi connectivity index (χ4v) is 2.67. The number of carbonyl (C=O) groups excluding carboxylic acids is 2. The summed E-state index contributed by atoms with van der Waals surface area (Å²) in [6, 6.07) is 7.84. The number of quaternary nitrogens is 1. The van der Waals surface area contributed by atoms with Gasteiger partial charge in [0.15, 0.2) is 0 Å². The molecule has 8 heteroatoms. The Morgan fingerprint density at radius 2 is 1.74 bits per heavy atom. The third kappa shape index (κ3) is 4.08. The first kappa shape index (κ1) is 17.4. The highest BCUT2D eigenvalue weighted by atomic mass is 19.4. The van der Waals surface area contributed by atoms with Gasteiger partial charge in [0.25, 0.3) is 0 Å². The first-order chi connectivity index (χ1) is 10.7. The second kappa shape index (κ2) is 6.67. The Bertz CT molecular complexity index is 569. The molecule has 5 nitrogen and oxygen atoms in total. The standard InChI is InChI=1S/C15H18F3N2O3/c16-15(17,18)14(22)23-20(8-4-5-9-20)13(21)12(19)10-11-6-2-1-3-7-11/h1-3,6-7,12H,4-5,8-10,19H2/q+1/t12-/m0/s1. The summed E-state index contributed by atoms with van der Waals surface area (Å²) >= 11 is 0. The van der Waals surface area contributed by atoms with Crippen LogP contribution < -0.4 is 5.73 Å². The molecule has 1 amide bonds. The Labute approximate surface area is 131 Å². The largest absolute Gasteiger partial charge is 0.497 e. The maximum Gasteiger partial charge on any atom is 0.497 e. The molecule has 1 aromatic rings. The van der Waals surface area contributed by atoms with Crippen molar-refractivity contribution in [2.45, 2.75) is 31.5 Å². The van der Waals surface area contributed by atoms with Gasteiger partial charge >= 0.3 is 18.1 Å². The van der Waals surface area contributed by atoms with E-state index in [2.05, 4.69) is 4.84 Å². The average molecular weight is 331 g/mol. The normalized spacial score (nSPS) is 18.4. The van der Waals surface area contributed by atoms with Crippen LogP contribution in [-0.4, -0.2) is 41.8 Å². The molecular formula is C15H18F3N2O3+. The van der Waals surface area contributed by atoms with E-state index in [0.717, 1.165) is 5.56 Å². The second-order valence-electron chi connectivity index (χ2n) is 5.55. The molecule has 0 aromatic heterocycles. The third-order valence-electron chi connectivity index (χ3n) is 3.80. The van der Waals surface area contributed by atoms with Gasteiger partial charge in [0.1, 0.15) is 19.1 Å². The summed E-state index contributed by atoms with van der Waals surface area (Å²) in [6.07, 6.45) is -3.98. The number of benzene rings is 1. The number of likely N-dealkylation sites (tertiary alicyclic amines) is 1. The monoisotopic (exact) mass is 331 g/mol. The molecule has 1 aliphatic rings. The predicted molar refractivity (Wildman–Crippen MR) is 74.5 cm³/mol. The smallest absolute Gasteiger partial charge is 0.316 e. The SMILES string of the molecule is N[C@@H](Cc1ccccc1)C(=O)[N+]1(OC(=O)C(F)(F)F)CCCC1. The zero-order chi connectivity index (χ0) is 17.1. The highest BCUT2D eigenvalue weighted by Gasteiger charge is 2.53. The van der Waals surface area contributed by atoms with Crippen molar-refractivity contribution in [3.05, 3.63) is 35.9 Å². The first-order valence-corrected chi connectivity index (χ1v) is 7.26. The van der Waals surface area contributed by atoms with Gasteiger partial charge < -0.3 is 5.73 Å². The molecule has 0 radical (unpaired) electrons. The van der Waals surface area contributed by atoms with Crippen LogP contribution in [0.1, 0.15) is 18.4 Å². The number of nitrogens with two attached hydrogens (primary N) is 1. The lowest BCUT2D eigenvalue weighted by molar-refractivity contribution is -1.02. The maximum atomic E-state index is 12.5. The summed E-state index contributed by atoms with van der Waals surface area (Å²) in [6.45, 7) is 0.0340. The average Bonchev–Trinajstić information content (AvgIpc) is 2.96. The molecule has 0 saturated carbocycles. The van der Waals surface area contributed by atoms with E-state index in [-0.39, 0.29) is 19.5 Å². The number of alkyl halides is 3. The Kier molecular flexibility index (Phi) is 5.06. The summed E-state index contributed by atoms with van der Waals surface area (Å²) in [7, 11) is 0.